The summed E-state index contributed by atoms with van der Waals surface area (Å²) in [5.41, 5.74) is -0.118. The highest BCUT2D eigenvalue weighted by Crippen LogP contribution is 2.33. The first kappa shape index (κ1) is 22.6. The lowest BCUT2D eigenvalue weighted by Crippen LogP contribution is -2.39. The van der Waals surface area contributed by atoms with Crippen LogP contribution in [0.25, 0.3) is 5.78 Å². The third kappa shape index (κ3) is 4.47. The van der Waals surface area contributed by atoms with Gasteiger partial charge in [0.25, 0.3) is 18.1 Å². The molecule has 1 aliphatic heterocycles. The van der Waals surface area contributed by atoms with Gasteiger partial charge in [0.1, 0.15) is 12.0 Å². The molecular formula is C20H15F6N5O2. The van der Waals surface area contributed by atoms with Crippen molar-refractivity contribution in [1.82, 2.24) is 24.5 Å². The van der Waals surface area contributed by atoms with Gasteiger partial charge in [0, 0.05) is 19.0 Å². The maximum absolute atomic E-state index is 14.6. The van der Waals surface area contributed by atoms with Crippen molar-refractivity contribution in [2.75, 3.05) is 13.1 Å². The summed E-state index contributed by atoms with van der Waals surface area (Å²) >= 11 is 0. The van der Waals surface area contributed by atoms with Crippen LogP contribution in [0.4, 0.5) is 26.3 Å². The predicted octanol–water partition coefficient (Wildman–Crippen LogP) is 4.29. The molecular weight excluding hydrogens is 456 g/mol. The van der Waals surface area contributed by atoms with Crippen molar-refractivity contribution in [3.8, 4) is 5.75 Å². The van der Waals surface area contributed by atoms with E-state index in [0.29, 0.717) is 0 Å². The van der Waals surface area contributed by atoms with Crippen LogP contribution in [0.2, 0.25) is 0 Å². The van der Waals surface area contributed by atoms with Crippen molar-refractivity contribution in [1.29, 1.82) is 0 Å². The van der Waals surface area contributed by atoms with E-state index in [-0.39, 0.29) is 24.6 Å². The molecule has 0 radical (unpaired) electrons. The van der Waals surface area contributed by atoms with E-state index in [1.807, 2.05) is 0 Å². The second-order valence-corrected chi connectivity index (χ2v) is 7.25. The molecule has 0 N–H and O–H groups in total. The Morgan fingerprint density at radius 2 is 2.03 bits per heavy atom. The molecule has 1 atom stereocenters. The number of benzene rings is 1. The lowest BCUT2D eigenvalue weighted by atomic mass is 9.91. The van der Waals surface area contributed by atoms with Gasteiger partial charge in [-0.15, -0.1) is 13.2 Å². The molecule has 33 heavy (non-hydrogen) atoms. The highest BCUT2D eigenvalue weighted by molar-refractivity contribution is 5.95. The molecule has 0 bridgehead atoms. The lowest BCUT2D eigenvalue weighted by molar-refractivity contribution is -0.275. The van der Waals surface area contributed by atoms with E-state index >= 15 is 0 Å². The fourth-order valence-corrected chi connectivity index (χ4v) is 3.59. The molecule has 3 aromatic rings. The van der Waals surface area contributed by atoms with Crippen molar-refractivity contribution < 1.29 is 35.9 Å². The lowest BCUT2D eigenvalue weighted by Gasteiger charge is -2.32. The first-order valence-electron chi connectivity index (χ1n) is 9.54. The number of hydrogen-bond donors (Lipinski definition) is 0. The van der Waals surface area contributed by atoms with Gasteiger partial charge in [-0.25, -0.2) is 22.7 Å². The minimum Gasteiger partial charge on any atom is -0.403 e. The minimum absolute atomic E-state index is 0.0399. The molecule has 0 unspecified atom stereocenters. The first-order chi connectivity index (χ1) is 15.5. The van der Waals surface area contributed by atoms with Gasteiger partial charge in [0.2, 0.25) is 0 Å². The minimum atomic E-state index is -5.13. The number of carbonyl (C=O) groups excluding carboxylic acids is 1. The summed E-state index contributed by atoms with van der Waals surface area (Å²) < 4.78 is 83.7. The van der Waals surface area contributed by atoms with E-state index in [4.69, 9.17) is 0 Å². The number of fused-ring (bicyclic) bond motifs is 1. The van der Waals surface area contributed by atoms with Gasteiger partial charge in [-0.2, -0.15) is 10.1 Å². The summed E-state index contributed by atoms with van der Waals surface area (Å²) in [5.74, 6) is -4.14. The van der Waals surface area contributed by atoms with Crippen molar-refractivity contribution in [2.45, 2.75) is 25.6 Å². The number of amides is 1. The molecule has 1 aromatic carbocycles. The van der Waals surface area contributed by atoms with E-state index in [9.17, 15) is 31.1 Å². The largest absolute Gasteiger partial charge is 0.573 e. The normalized spacial score (nSPS) is 16.9. The summed E-state index contributed by atoms with van der Waals surface area (Å²) in [4.78, 5) is 21.8. The monoisotopic (exact) mass is 471 g/mol. The van der Waals surface area contributed by atoms with Gasteiger partial charge < -0.3 is 9.64 Å². The van der Waals surface area contributed by atoms with Crippen LogP contribution in [0.1, 0.15) is 41.0 Å². The van der Waals surface area contributed by atoms with E-state index in [1.165, 1.54) is 9.42 Å². The zero-order valence-electron chi connectivity index (χ0n) is 16.9. The van der Waals surface area contributed by atoms with E-state index in [0.717, 1.165) is 36.2 Å². The summed E-state index contributed by atoms with van der Waals surface area (Å²) in [6.45, 7) is 1.71. The Morgan fingerprint density at radius 1 is 1.27 bits per heavy atom. The van der Waals surface area contributed by atoms with Gasteiger partial charge in [-0.05, 0) is 25.1 Å². The van der Waals surface area contributed by atoms with Crippen molar-refractivity contribution in [2.24, 2.45) is 0 Å². The number of rotatable bonds is 4. The van der Waals surface area contributed by atoms with Crippen LogP contribution >= 0.6 is 0 Å². The first-order valence-corrected chi connectivity index (χ1v) is 9.54. The summed E-state index contributed by atoms with van der Waals surface area (Å²) in [7, 11) is 0. The molecule has 0 aliphatic carbocycles. The second kappa shape index (κ2) is 8.37. The Kier molecular flexibility index (Phi) is 5.72. The van der Waals surface area contributed by atoms with Crippen LogP contribution in [0, 0.1) is 5.82 Å². The second-order valence-electron chi connectivity index (χ2n) is 7.25. The molecule has 0 spiro atoms. The van der Waals surface area contributed by atoms with Crippen LogP contribution in [-0.4, -0.2) is 49.8 Å². The molecule has 13 heteroatoms. The number of aromatic nitrogens is 4. The van der Waals surface area contributed by atoms with Gasteiger partial charge in [0.15, 0.2) is 11.6 Å². The number of hydrogen-bond acceptors (Lipinski definition) is 5. The molecule has 3 heterocycles. The van der Waals surface area contributed by atoms with Gasteiger partial charge in [-0.3, -0.25) is 4.79 Å². The number of nitrogens with zero attached hydrogens (tertiary/aromatic N) is 5. The van der Waals surface area contributed by atoms with Crippen LogP contribution in [-0.2, 0) is 0 Å². The number of alkyl halides is 5. The quantitative estimate of drug-likeness (QED) is 0.420. The number of carbonyl (C=O) groups is 1. The van der Waals surface area contributed by atoms with E-state index in [2.05, 4.69) is 19.8 Å². The smallest absolute Gasteiger partial charge is 0.403 e. The number of ether oxygens (including phenoxy) is 1. The molecule has 174 valence electrons. The van der Waals surface area contributed by atoms with Crippen LogP contribution < -0.4 is 4.74 Å². The predicted molar refractivity (Wildman–Crippen MR) is 101 cm³/mol. The summed E-state index contributed by atoms with van der Waals surface area (Å²) in [5, 5.41) is 4.00. The van der Waals surface area contributed by atoms with E-state index in [1.54, 1.807) is 13.0 Å². The Morgan fingerprint density at radius 3 is 2.73 bits per heavy atom. The zero-order chi connectivity index (χ0) is 23.9. The highest BCUT2D eigenvalue weighted by Gasteiger charge is 2.34. The third-order valence-corrected chi connectivity index (χ3v) is 5.17. The summed E-state index contributed by atoms with van der Waals surface area (Å²) in [6, 6.07) is 4.02. The van der Waals surface area contributed by atoms with E-state index < -0.39 is 47.4 Å². The topological polar surface area (TPSA) is 72.6 Å². The fraction of sp³-hybridized carbons (Fsp3) is 0.300. The Balaban J connectivity index is 1.68. The molecule has 1 amide bonds. The Bertz CT molecular complexity index is 1240. The maximum Gasteiger partial charge on any atom is 0.573 e. The molecule has 0 saturated heterocycles. The van der Waals surface area contributed by atoms with Gasteiger partial charge in [-0.1, -0.05) is 17.7 Å². The molecule has 4 rings (SSSR count). The van der Waals surface area contributed by atoms with Crippen molar-refractivity contribution >= 4 is 11.7 Å². The molecule has 2 aromatic heterocycles. The zero-order valence-corrected chi connectivity index (χ0v) is 16.9. The highest BCUT2D eigenvalue weighted by atomic mass is 19.4. The standard InChI is InChI=1S/C20H15F6N5O2/c1-10-5-6-30(18(32)11-3-2-4-15(16(11)21)33-20(24,25)26)8-12(10)14-7-13(17(22)23)29-19-27-9-28-31(14)19/h2-5,7,9,12,17H,6,8H2,1H3/t12-/m1/s1. The van der Waals surface area contributed by atoms with Crippen LogP contribution in [0.3, 0.4) is 0 Å². The maximum atomic E-state index is 14.6. The fourth-order valence-electron chi connectivity index (χ4n) is 3.59. The average Bonchev–Trinajstić information content (AvgIpc) is 3.22. The molecule has 0 saturated carbocycles. The Labute approximate surface area is 182 Å². The summed E-state index contributed by atoms with van der Waals surface area (Å²) in [6.07, 6.45) is -5.22. The van der Waals surface area contributed by atoms with Crippen molar-refractivity contribution in [3.63, 3.8) is 0 Å². The molecule has 1 aliphatic rings. The van der Waals surface area contributed by atoms with Crippen molar-refractivity contribution in [3.05, 3.63) is 65.0 Å². The Hall–Kier alpha value is -3.64. The SMILES string of the molecule is CC1=CCN(C(=O)c2cccc(OC(F)(F)F)c2F)C[C@H]1c1cc(C(F)F)nc2ncnn12. The third-order valence-electron chi connectivity index (χ3n) is 5.17. The van der Waals surface area contributed by atoms with Crippen LogP contribution in [0.15, 0.2) is 42.2 Å². The molecule has 7 nitrogen and oxygen atoms in total. The van der Waals surface area contributed by atoms with Crippen LogP contribution in [0.5, 0.6) is 5.75 Å². The van der Waals surface area contributed by atoms with Gasteiger partial charge >= 0.3 is 6.36 Å². The average molecular weight is 471 g/mol. The van der Waals surface area contributed by atoms with Gasteiger partial charge in [0.05, 0.1) is 11.3 Å². The number of halogens is 6. The molecule has 0 fully saturated rings.